The summed E-state index contributed by atoms with van der Waals surface area (Å²) in [5.74, 6) is 0.189. The van der Waals surface area contributed by atoms with E-state index in [-0.39, 0.29) is 0 Å². The lowest BCUT2D eigenvalue weighted by Crippen LogP contribution is -2.46. The maximum Gasteiger partial charge on any atom is 0.330 e. The largest absolute Gasteiger partial charge is 0.464 e. The van der Waals surface area contributed by atoms with Gasteiger partial charge in [-0.25, -0.2) is 9.78 Å². The SMILES string of the molecule is CCOC(=O)C(N)(CCSc1ncco1)c1ccccc1. The molecule has 2 rings (SSSR count). The third-order valence-electron chi connectivity index (χ3n) is 3.06. The number of ether oxygens (including phenoxy) is 1. The molecule has 6 heteroatoms. The maximum absolute atomic E-state index is 12.3. The zero-order chi connectivity index (χ0) is 15.1. The number of carbonyl (C=O) groups excluding carboxylic acids is 1. The van der Waals surface area contributed by atoms with Gasteiger partial charge in [-0.1, -0.05) is 42.1 Å². The van der Waals surface area contributed by atoms with E-state index in [0.717, 1.165) is 5.56 Å². The predicted octanol–water partition coefficient (Wildman–Crippen LogP) is 2.57. The second-order valence-corrected chi connectivity index (χ2v) is 5.50. The third kappa shape index (κ3) is 3.86. The molecule has 0 saturated carbocycles. The highest BCUT2D eigenvalue weighted by atomic mass is 32.2. The number of thioether (sulfide) groups is 1. The van der Waals surface area contributed by atoms with Crippen LogP contribution in [0.2, 0.25) is 0 Å². The van der Waals surface area contributed by atoms with E-state index in [1.165, 1.54) is 18.0 Å². The van der Waals surface area contributed by atoms with Gasteiger partial charge in [0, 0.05) is 5.75 Å². The molecule has 0 fully saturated rings. The van der Waals surface area contributed by atoms with Crippen LogP contribution in [0.3, 0.4) is 0 Å². The van der Waals surface area contributed by atoms with Crippen molar-refractivity contribution in [2.45, 2.75) is 24.1 Å². The van der Waals surface area contributed by atoms with Crippen LogP contribution < -0.4 is 5.73 Å². The van der Waals surface area contributed by atoms with Crippen molar-refractivity contribution in [2.75, 3.05) is 12.4 Å². The second kappa shape index (κ2) is 7.28. The first-order chi connectivity index (χ1) is 10.2. The van der Waals surface area contributed by atoms with Crippen molar-refractivity contribution in [2.24, 2.45) is 5.73 Å². The van der Waals surface area contributed by atoms with Crippen LogP contribution in [-0.4, -0.2) is 23.3 Å². The van der Waals surface area contributed by atoms with Crippen molar-refractivity contribution in [3.05, 3.63) is 48.4 Å². The summed E-state index contributed by atoms with van der Waals surface area (Å²) in [6.07, 6.45) is 3.53. The first-order valence-electron chi connectivity index (χ1n) is 6.70. The van der Waals surface area contributed by atoms with Gasteiger partial charge in [-0.15, -0.1) is 0 Å². The van der Waals surface area contributed by atoms with Crippen molar-refractivity contribution < 1.29 is 13.9 Å². The highest BCUT2D eigenvalue weighted by molar-refractivity contribution is 7.99. The Morgan fingerprint density at radius 1 is 1.43 bits per heavy atom. The molecule has 0 radical (unpaired) electrons. The molecule has 0 aliphatic heterocycles. The normalized spacial score (nSPS) is 13.6. The van der Waals surface area contributed by atoms with Gasteiger partial charge in [0.25, 0.3) is 5.22 Å². The van der Waals surface area contributed by atoms with Crippen LogP contribution in [0.1, 0.15) is 18.9 Å². The number of benzene rings is 1. The maximum atomic E-state index is 12.3. The van der Waals surface area contributed by atoms with Gasteiger partial charge in [-0.3, -0.25) is 0 Å². The Kier molecular flexibility index (Phi) is 5.41. The lowest BCUT2D eigenvalue weighted by molar-refractivity contribution is -0.150. The average molecular weight is 306 g/mol. The monoisotopic (exact) mass is 306 g/mol. The van der Waals surface area contributed by atoms with E-state index in [0.29, 0.717) is 24.0 Å². The van der Waals surface area contributed by atoms with Crippen molar-refractivity contribution in [1.29, 1.82) is 0 Å². The lowest BCUT2D eigenvalue weighted by atomic mass is 9.88. The zero-order valence-electron chi connectivity index (χ0n) is 11.8. The van der Waals surface area contributed by atoms with Gasteiger partial charge in [0.05, 0.1) is 12.8 Å². The fourth-order valence-electron chi connectivity index (χ4n) is 1.94. The number of rotatable bonds is 7. The Labute approximate surface area is 127 Å². The molecule has 2 aromatic rings. The van der Waals surface area contributed by atoms with Gasteiger partial charge in [0.2, 0.25) is 0 Å². The molecule has 1 heterocycles. The van der Waals surface area contributed by atoms with E-state index in [1.807, 2.05) is 30.3 Å². The number of nitrogens with zero attached hydrogens (tertiary/aromatic N) is 1. The van der Waals surface area contributed by atoms with Crippen LogP contribution in [0.5, 0.6) is 0 Å². The molecular formula is C15H18N2O3S. The molecule has 0 saturated heterocycles. The minimum atomic E-state index is -1.16. The highest BCUT2D eigenvalue weighted by Crippen LogP contribution is 2.27. The Morgan fingerprint density at radius 2 is 2.19 bits per heavy atom. The van der Waals surface area contributed by atoms with Gasteiger partial charge >= 0.3 is 5.97 Å². The molecule has 1 aromatic heterocycles. The van der Waals surface area contributed by atoms with E-state index in [2.05, 4.69) is 4.98 Å². The van der Waals surface area contributed by atoms with Crippen molar-refractivity contribution in [3.8, 4) is 0 Å². The summed E-state index contributed by atoms with van der Waals surface area (Å²) in [5.41, 5.74) is 5.94. The van der Waals surface area contributed by atoms with Crippen molar-refractivity contribution in [3.63, 3.8) is 0 Å². The molecule has 2 N–H and O–H groups in total. The number of hydrogen-bond donors (Lipinski definition) is 1. The van der Waals surface area contributed by atoms with Gasteiger partial charge in [0.1, 0.15) is 11.8 Å². The topological polar surface area (TPSA) is 78.4 Å². The summed E-state index contributed by atoms with van der Waals surface area (Å²) in [5, 5.41) is 0.564. The van der Waals surface area contributed by atoms with E-state index in [9.17, 15) is 4.79 Å². The third-order valence-corrected chi connectivity index (χ3v) is 3.92. The second-order valence-electron chi connectivity index (χ2n) is 4.45. The number of oxazole rings is 1. The fraction of sp³-hybridized carbons (Fsp3) is 0.333. The highest BCUT2D eigenvalue weighted by Gasteiger charge is 2.37. The molecule has 0 spiro atoms. The summed E-state index contributed by atoms with van der Waals surface area (Å²) >= 11 is 1.42. The van der Waals surface area contributed by atoms with Crippen LogP contribution in [0, 0.1) is 0 Å². The number of carbonyl (C=O) groups is 1. The average Bonchev–Trinajstić information content (AvgIpc) is 3.01. The quantitative estimate of drug-likeness (QED) is 0.625. The summed E-state index contributed by atoms with van der Waals surface area (Å²) in [6, 6.07) is 9.28. The summed E-state index contributed by atoms with van der Waals surface area (Å²) in [4.78, 5) is 16.3. The minimum absolute atomic E-state index is 0.303. The van der Waals surface area contributed by atoms with Crippen LogP contribution in [-0.2, 0) is 15.1 Å². The molecular weight excluding hydrogens is 288 g/mol. The van der Waals surface area contributed by atoms with Gasteiger partial charge in [-0.2, -0.15) is 0 Å². The van der Waals surface area contributed by atoms with Gasteiger partial charge in [-0.05, 0) is 18.9 Å². The summed E-state index contributed by atoms with van der Waals surface area (Å²) in [7, 11) is 0. The number of aromatic nitrogens is 1. The lowest BCUT2D eigenvalue weighted by Gasteiger charge is -2.27. The summed E-state index contributed by atoms with van der Waals surface area (Å²) < 4.78 is 10.3. The molecule has 1 atom stereocenters. The Balaban J connectivity index is 2.10. The van der Waals surface area contributed by atoms with Crippen LogP contribution in [0.15, 0.2) is 52.4 Å². The van der Waals surface area contributed by atoms with Crippen LogP contribution in [0.4, 0.5) is 0 Å². The van der Waals surface area contributed by atoms with E-state index < -0.39 is 11.5 Å². The van der Waals surface area contributed by atoms with E-state index in [1.54, 1.807) is 13.1 Å². The van der Waals surface area contributed by atoms with Crippen LogP contribution in [0.25, 0.3) is 0 Å². The Hall–Kier alpha value is -1.79. The molecule has 1 unspecified atom stereocenters. The molecule has 1 aromatic carbocycles. The first kappa shape index (κ1) is 15.6. The number of nitrogens with two attached hydrogens (primary N) is 1. The van der Waals surface area contributed by atoms with E-state index >= 15 is 0 Å². The Bertz CT molecular complexity index is 560. The number of hydrogen-bond acceptors (Lipinski definition) is 6. The summed E-state index contributed by atoms with van der Waals surface area (Å²) in [6.45, 7) is 2.07. The van der Waals surface area contributed by atoms with Gasteiger partial charge < -0.3 is 14.9 Å². The number of esters is 1. The fourth-order valence-corrected chi connectivity index (χ4v) is 2.80. The standard InChI is InChI=1S/C15H18N2O3S/c1-2-19-13(18)15(16,12-6-4-3-5-7-12)8-11-21-14-17-9-10-20-14/h3-7,9-10H,2,8,11,16H2,1H3. The molecule has 0 aliphatic rings. The van der Waals surface area contributed by atoms with Crippen molar-refractivity contribution in [1.82, 2.24) is 4.98 Å². The van der Waals surface area contributed by atoms with Gasteiger partial charge in [0.15, 0.2) is 0 Å². The molecule has 112 valence electrons. The van der Waals surface area contributed by atoms with E-state index in [4.69, 9.17) is 14.9 Å². The Morgan fingerprint density at radius 3 is 2.81 bits per heavy atom. The minimum Gasteiger partial charge on any atom is -0.464 e. The molecule has 0 bridgehead atoms. The molecule has 0 aliphatic carbocycles. The smallest absolute Gasteiger partial charge is 0.330 e. The molecule has 0 amide bonds. The first-order valence-corrected chi connectivity index (χ1v) is 7.69. The van der Waals surface area contributed by atoms with Crippen molar-refractivity contribution >= 4 is 17.7 Å². The molecule has 21 heavy (non-hydrogen) atoms. The molecule has 5 nitrogen and oxygen atoms in total. The van der Waals surface area contributed by atoms with Crippen LogP contribution >= 0.6 is 11.8 Å². The zero-order valence-corrected chi connectivity index (χ0v) is 12.6. The predicted molar refractivity (Wildman–Crippen MR) is 80.8 cm³/mol.